The molecule has 19 heavy (non-hydrogen) atoms. The summed E-state index contributed by atoms with van der Waals surface area (Å²) < 4.78 is 0. The summed E-state index contributed by atoms with van der Waals surface area (Å²) in [7, 11) is 0. The summed E-state index contributed by atoms with van der Waals surface area (Å²) in [6.07, 6.45) is 2.12. The lowest BCUT2D eigenvalue weighted by Gasteiger charge is -2.09. The number of benzene rings is 1. The molecule has 1 aromatic carbocycles. The van der Waals surface area contributed by atoms with Crippen LogP contribution in [-0.4, -0.2) is 24.1 Å². The second-order valence-corrected chi connectivity index (χ2v) is 4.75. The molecule has 2 amide bonds. The van der Waals surface area contributed by atoms with Crippen molar-refractivity contribution in [1.29, 1.82) is 0 Å². The standard InChI is InChI=1S/C14H16N2O3/c15-13(18)8-16-14(19)10-3-1-9(2-4-10)11-5-6-12(17)7-11/h1-4,11H,5-8H2,(H2,15,18)(H,16,19). The molecule has 0 aromatic heterocycles. The van der Waals surface area contributed by atoms with Crippen LogP contribution < -0.4 is 11.1 Å². The molecule has 1 saturated carbocycles. The van der Waals surface area contributed by atoms with Gasteiger partial charge < -0.3 is 11.1 Å². The Hall–Kier alpha value is -2.17. The van der Waals surface area contributed by atoms with Crippen molar-refractivity contribution < 1.29 is 14.4 Å². The first-order valence-electron chi connectivity index (χ1n) is 6.24. The topological polar surface area (TPSA) is 89.3 Å². The van der Waals surface area contributed by atoms with Crippen LogP contribution in [0.5, 0.6) is 0 Å². The summed E-state index contributed by atoms with van der Waals surface area (Å²) in [6, 6.07) is 7.13. The Morgan fingerprint density at radius 2 is 1.95 bits per heavy atom. The number of amides is 2. The lowest BCUT2D eigenvalue weighted by Crippen LogP contribution is -2.33. The molecule has 0 aliphatic heterocycles. The van der Waals surface area contributed by atoms with Crippen molar-refractivity contribution >= 4 is 17.6 Å². The molecule has 5 heteroatoms. The molecule has 1 unspecified atom stereocenters. The van der Waals surface area contributed by atoms with Crippen molar-refractivity contribution in [3.05, 3.63) is 35.4 Å². The molecule has 1 aromatic rings. The third-order valence-electron chi connectivity index (χ3n) is 3.31. The van der Waals surface area contributed by atoms with Crippen LogP contribution in [0.15, 0.2) is 24.3 Å². The highest BCUT2D eigenvalue weighted by Gasteiger charge is 2.23. The summed E-state index contributed by atoms with van der Waals surface area (Å²) in [5.41, 5.74) is 6.51. The predicted molar refractivity (Wildman–Crippen MR) is 69.6 cm³/mol. The fourth-order valence-electron chi connectivity index (χ4n) is 2.27. The minimum atomic E-state index is -0.575. The normalized spacial score (nSPS) is 18.3. The number of hydrogen-bond donors (Lipinski definition) is 2. The van der Waals surface area contributed by atoms with Gasteiger partial charge in [0.15, 0.2) is 0 Å². The molecular weight excluding hydrogens is 244 g/mol. The van der Waals surface area contributed by atoms with Crippen LogP contribution in [0.25, 0.3) is 0 Å². The highest BCUT2D eigenvalue weighted by molar-refractivity contribution is 5.96. The SMILES string of the molecule is NC(=O)CNC(=O)c1ccc(C2CCC(=O)C2)cc1. The van der Waals surface area contributed by atoms with Crippen molar-refractivity contribution in [3.63, 3.8) is 0 Å². The first kappa shape index (κ1) is 13.3. The first-order chi connectivity index (χ1) is 9.06. The summed E-state index contributed by atoms with van der Waals surface area (Å²) in [6.45, 7) is -0.169. The molecule has 0 saturated heterocycles. The van der Waals surface area contributed by atoms with Crippen molar-refractivity contribution in [2.75, 3.05) is 6.54 Å². The van der Waals surface area contributed by atoms with Gasteiger partial charge >= 0.3 is 0 Å². The highest BCUT2D eigenvalue weighted by Crippen LogP contribution is 2.31. The van der Waals surface area contributed by atoms with Gasteiger partial charge in [-0.3, -0.25) is 14.4 Å². The van der Waals surface area contributed by atoms with Gasteiger partial charge in [0, 0.05) is 18.4 Å². The number of hydrogen-bond acceptors (Lipinski definition) is 3. The maximum Gasteiger partial charge on any atom is 0.251 e. The van der Waals surface area contributed by atoms with E-state index in [1.807, 2.05) is 12.1 Å². The lowest BCUT2D eigenvalue weighted by atomic mass is 9.96. The van der Waals surface area contributed by atoms with Crippen LogP contribution in [0.3, 0.4) is 0 Å². The van der Waals surface area contributed by atoms with Crippen molar-refractivity contribution in [2.24, 2.45) is 5.73 Å². The van der Waals surface area contributed by atoms with Crippen LogP contribution in [0.2, 0.25) is 0 Å². The number of primary amides is 1. The van der Waals surface area contributed by atoms with E-state index in [0.29, 0.717) is 24.2 Å². The maximum atomic E-state index is 11.7. The van der Waals surface area contributed by atoms with E-state index in [2.05, 4.69) is 5.32 Å². The third kappa shape index (κ3) is 3.40. The van der Waals surface area contributed by atoms with Crippen molar-refractivity contribution in [3.8, 4) is 0 Å². The van der Waals surface area contributed by atoms with E-state index in [1.165, 1.54) is 0 Å². The minimum absolute atomic E-state index is 0.169. The molecule has 1 aliphatic carbocycles. The van der Waals surface area contributed by atoms with Gasteiger partial charge in [-0.25, -0.2) is 0 Å². The van der Waals surface area contributed by atoms with Crippen LogP contribution >= 0.6 is 0 Å². The fourth-order valence-corrected chi connectivity index (χ4v) is 2.27. The van der Waals surface area contributed by atoms with Crippen LogP contribution in [0.1, 0.15) is 41.1 Å². The zero-order valence-corrected chi connectivity index (χ0v) is 10.5. The molecule has 100 valence electrons. The van der Waals surface area contributed by atoms with E-state index < -0.39 is 5.91 Å². The average Bonchev–Trinajstić information content (AvgIpc) is 2.83. The Morgan fingerprint density at radius 1 is 1.26 bits per heavy atom. The third-order valence-corrected chi connectivity index (χ3v) is 3.31. The predicted octanol–water partition coefficient (Wildman–Crippen LogP) is 0.738. The molecule has 5 nitrogen and oxygen atoms in total. The van der Waals surface area contributed by atoms with Crippen LogP contribution in [0, 0.1) is 0 Å². The Kier molecular flexibility index (Phi) is 3.94. The van der Waals surface area contributed by atoms with Gasteiger partial charge in [-0.05, 0) is 30.0 Å². The van der Waals surface area contributed by atoms with Crippen LogP contribution in [-0.2, 0) is 9.59 Å². The van der Waals surface area contributed by atoms with Gasteiger partial charge in [0.25, 0.3) is 5.91 Å². The van der Waals surface area contributed by atoms with Gasteiger partial charge in [-0.1, -0.05) is 12.1 Å². The number of Topliss-reactive ketones (excluding diaryl/α,β-unsaturated/α-hetero) is 1. The van der Waals surface area contributed by atoms with Gasteiger partial charge in [0.2, 0.25) is 5.91 Å². The number of rotatable bonds is 4. The van der Waals surface area contributed by atoms with Crippen LogP contribution in [0.4, 0.5) is 0 Å². The largest absolute Gasteiger partial charge is 0.368 e. The molecule has 3 N–H and O–H groups in total. The van der Waals surface area contributed by atoms with Gasteiger partial charge in [-0.15, -0.1) is 0 Å². The molecule has 1 atom stereocenters. The molecule has 1 fully saturated rings. The highest BCUT2D eigenvalue weighted by atomic mass is 16.2. The smallest absolute Gasteiger partial charge is 0.251 e. The molecule has 2 rings (SSSR count). The van der Waals surface area contributed by atoms with E-state index in [1.54, 1.807) is 12.1 Å². The minimum Gasteiger partial charge on any atom is -0.368 e. The number of carbonyl (C=O) groups excluding carboxylic acids is 3. The quantitative estimate of drug-likeness (QED) is 0.836. The number of nitrogens with two attached hydrogens (primary N) is 1. The lowest BCUT2D eigenvalue weighted by molar-refractivity contribution is -0.118. The van der Waals surface area contributed by atoms with Gasteiger partial charge in [0.1, 0.15) is 5.78 Å². The molecular formula is C14H16N2O3. The van der Waals surface area contributed by atoms with E-state index in [0.717, 1.165) is 12.0 Å². The number of nitrogens with one attached hydrogen (secondary N) is 1. The Balaban J connectivity index is 2.00. The Bertz CT molecular complexity index is 508. The zero-order chi connectivity index (χ0) is 13.8. The number of carbonyl (C=O) groups is 3. The second-order valence-electron chi connectivity index (χ2n) is 4.75. The average molecular weight is 260 g/mol. The Morgan fingerprint density at radius 3 is 2.47 bits per heavy atom. The summed E-state index contributed by atoms with van der Waals surface area (Å²) in [5.74, 6) is -0.328. The van der Waals surface area contributed by atoms with E-state index in [-0.39, 0.29) is 18.4 Å². The summed E-state index contributed by atoms with van der Waals surface area (Å²) >= 11 is 0. The summed E-state index contributed by atoms with van der Waals surface area (Å²) in [4.78, 5) is 33.5. The monoisotopic (exact) mass is 260 g/mol. The van der Waals surface area contributed by atoms with E-state index in [9.17, 15) is 14.4 Å². The molecule has 0 radical (unpaired) electrons. The maximum absolute atomic E-state index is 11.7. The Labute approximate surface area is 111 Å². The number of ketones is 1. The molecule has 0 bridgehead atoms. The zero-order valence-electron chi connectivity index (χ0n) is 10.5. The van der Waals surface area contributed by atoms with Crippen molar-refractivity contribution in [2.45, 2.75) is 25.2 Å². The second kappa shape index (κ2) is 5.65. The first-order valence-corrected chi connectivity index (χ1v) is 6.24. The van der Waals surface area contributed by atoms with Crippen molar-refractivity contribution in [1.82, 2.24) is 5.32 Å². The molecule has 1 aliphatic rings. The van der Waals surface area contributed by atoms with Gasteiger partial charge in [-0.2, -0.15) is 0 Å². The molecule has 0 spiro atoms. The fraction of sp³-hybridized carbons (Fsp3) is 0.357. The van der Waals surface area contributed by atoms with E-state index >= 15 is 0 Å². The van der Waals surface area contributed by atoms with Gasteiger partial charge in [0.05, 0.1) is 6.54 Å². The van der Waals surface area contributed by atoms with E-state index in [4.69, 9.17) is 5.73 Å². The summed E-state index contributed by atoms with van der Waals surface area (Å²) in [5, 5.41) is 2.43. The molecule has 0 heterocycles.